The molecule has 100 valence electrons. The van der Waals surface area contributed by atoms with E-state index in [4.69, 9.17) is 10.6 Å². The molecule has 1 atom stereocenters. The van der Waals surface area contributed by atoms with Gasteiger partial charge in [0.15, 0.2) is 0 Å². The third-order valence-corrected chi connectivity index (χ3v) is 2.99. The van der Waals surface area contributed by atoms with Crippen LogP contribution in [0.4, 0.5) is 0 Å². The Morgan fingerprint density at radius 1 is 1.35 bits per heavy atom. The van der Waals surface area contributed by atoms with E-state index in [9.17, 15) is 4.79 Å². The predicted molar refractivity (Wildman–Crippen MR) is 67.2 cm³/mol. The molecule has 0 aliphatic carbocycles. The third kappa shape index (κ3) is 3.66. The van der Waals surface area contributed by atoms with Crippen LogP contribution in [0.2, 0.25) is 0 Å². The number of nitrogens with one attached hydrogen (secondary N) is 1. The van der Waals surface area contributed by atoms with Crippen molar-refractivity contribution in [2.75, 3.05) is 13.1 Å². The van der Waals surface area contributed by atoms with Crippen molar-refractivity contribution in [1.82, 2.24) is 10.3 Å². The molecule has 0 saturated carbocycles. The standard InChI is InChI=1S/C12H25N3O2/c1-6-9(10(16)14-13)15-7-11(2,3)17-12(4,5)8-15/h9H,6-8,13H2,1-5H3,(H,14,16). The van der Waals surface area contributed by atoms with Crippen molar-refractivity contribution >= 4 is 5.91 Å². The summed E-state index contributed by atoms with van der Waals surface area (Å²) in [7, 11) is 0. The molecule has 1 fully saturated rings. The van der Waals surface area contributed by atoms with Crippen LogP contribution in [0, 0.1) is 0 Å². The van der Waals surface area contributed by atoms with Crippen molar-refractivity contribution in [3.63, 3.8) is 0 Å². The molecule has 0 aromatic heterocycles. The highest BCUT2D eigenvalue weighted by atomic mass is 16.5. The van der Waals surface area contributed by atoms with Gasteiger partial charge in [0.1, 0.15) is 0 Å². The van der Waals surface area contributed by atoms with Gasteiger partial charge in [-0.2, -0.15) is 0 Å². The first-order valence-corrected chi connectivity index (χ1v) is 6.15. The van der Waals surface area contributed by atoms with Gasteiger partial charge in [0.2, 0.25) is 0 Å². The molecule has 0 aromatic rings. The minimum Gasteiger partial charge on any atom is -0.367 e. The van der Waals surface area contributed by atoms with E-state index in [2.05, 4.69) is 10.3 Å². The molecule has 1 aliphatic rings. The molecule has 17 heavy (non-hydrogen) atoms. The van der Waals surface area contributed by atoms with Gasteiger partial charge >= 0.3 is 0 Å². The zero-order valence-corrected chi connectivity index (χ0v) is 11.5. The quantitative estimate of drug-likeness (QED) is 0.434. The normalized spacial score (nSPS) is 25.3. The van der Waals surface area contributed by atoms with Crippen LogP contribution >= 0.6 is 0 Å². The molecule has 1 saturated heterocycles. The van der Waals surface area contributed by atoms with Crippen molar-refractivity contribution in [1.29, 1.82) is 0 Å². The van der Waals surface area contributed by atoms with Gasteiger partial charge in [-0.05, 0) is 34.1 Å². The van der Waals surface area contributed by atoms with E-state index < -0.39 is 0 Å². The minimum atomic E-state index is -0.246. The first kappa shape index (κ1) is 14.4. The average Bonchev–Trinajstić information content (AvgIpc) is 2.13. The van der Waals surface area contributed by atoms with Gasteiger partial charge in [0, 0.05) is 13.1 Å². The molecule has 0 spiro atoms. The molecule has 5 heteroatoms. The third-order valence-electron chi connectivity index (χ3n) is 2.99. The average molecular weight is 243 g/mol. The number of morpholine rings is 1. The lowest BCUT2D eigenvalue weighted by Gasteiger charge is -2.49. The lowest BCUT2D eigenvalue weighted by atomic mass is 9.96. The molecule has 1 rings (SSSR count). The summed E-state index contributed by atoms with van der Waals surface area (Å²) >= 11 is 0. The molecule has 1 heterocycles. The van der Waals surface area contributed by atoms with E-state index in [1.807, 2.05) is 34.6 Å². The SMILES string of the molecule is CCC(C(=O)NN)N1CC(C)(C)OC(C)(C)C1. The van der Waals surface area contributed by atoms with Crippen LogP contribution in [-0.2, 0) is 9.53 Å². The molecule has 5 nitrogen and oxygen atoms in total. The zero-order valence-electron chi connectivity index (χ0n) is 11.5. The van der Waals surface area contributed by atoms with Gasteiger partial charge < -0.3 is 4.74 Å². The first-order valence-electron chi connectivity index (χ1n) is 6.15. The number of carbonyl (C=O) groups is 1. The molecule has 0 bridgehead atoms. The first-order chi connectivity index (χ1) is 7.71. The summed E-state index contributed by atoms with van der Waals surface area (Å²) < 4.78 is 5.99. The Labute approximate surface area is 104 Å². The monoisotopic (exact) mass is 243 g/mol. The van der Waals surface area contributed by atoms with E-state index >= 15 is 0 Å². The van der Waals surface area contributed by atoms with E-state index in [-0.39, 0.29) is 23.2 Å². The lowest BCUT2D eigenvalue weighted by molar-refractivity contribution is -0.189. The van der Waals surface area contributed by atoms with E-state index in [0.717, 1.165) is 19.5 Å². The van der Waals surface area contributed by atoms with Gasteiger partial charge in [-0.1, -0.05) is 6.92 Å². The van der Waals surface area contributed by atoms with Crippen LogP contribution in [0.1, 0.15) is 41.0 Å². The predicted octanol–water partition coefficient (Wildman–Crippen LogP) is 0.644. The van der Waals surface area contributed by atoms with Crippen molar-refractivity contribution in [3.8, 4) is 0 Å². The van der Waals surface area contributed by atoms with Crippen molar-refractivity contribution in [2.24, 2.45) is 5.84 Å². The van der Waals surface area contributed by atoms with Gasteiger partial charge in [-0.25, -0.2) is 5.84 Å². The van der Waals surface area contributed by atoms with Crippen LogP contribution in [0.5, 0.6) is 0 Å². The van der Waals surface area contributed by atoms with E-state index in [0.29, 0.717) is 0 Å². The summed E-state index contributed by atoms with van der Waals surface area (Å²) in [6.07, 6.45) is 0.745. The van der Waals surface area contributed by atoms with Crippen LogP contribution in [-0.4, -0.2) is 41.1 Å². The van der Waals surface area contributed by atoms with Gasteiger partial charge in [-0.15, -0.1) is 0 Å². The zero-order chi connectivity index (χ0) is 13.3. The van der Waals surface area contributed by atoms with Crippen molar-refractivity contribution < 1.29 is 9.53 Å². The summed E-state index contributed by atoms with van der Waals surface area (Å²) in [5.74, 6) is 5.11. The summed E-state index contributed by atoms with van der Waals surface area (Å²) in [6, 6.07) is -0.178. The molecule has 1 unspecified atom stereocenters. The number of carbonyl (C=O) groups excluding carboxylic acids is 1. The van der Waals surface area contributed by atoms with Crippen LogP contribution < -0.4 is 11.3 Å². The Bertz CT molecular complexity index is 273. The summed E-state index contributed by atoms with van der Waals surface area (Å²) in [5, 5.41) is 0. The Balaban J connectivity index is 2.85. The van der Waals surface area contributed by atoms with E-state index in [1.165, 1.54) is 0 Å². The topological polar surface area (TPSA) is 67.6 Å². The molecule has 3 N–H and O–H groups in total. The van der Waals surface area contributed by atoms with Crippen LogP contribution in [0.15, 0.2) is 0 Å². The number of hydrazine groups is 1. The minimum absolute atomic E-state index is 0.124. The van der Waals surface area contributed by atoms with Crippen LogP contribution in [0.3, 0.4) is 0 Å². The maximum atomic E-state index is 11.7. The van der Waals surface area contributed by atoms with Gasteiger partial charge in [0.05, 0.1) is 17.2 Å². The fourth-order valence-electron chi connectivity index (χ4n) is 2.77. The highest BCUT2D eigenvalue weighted by Crippen LogP contribution is 2.29. The number of rotatable bonds is 3. The number of amides is 1. The summed E-state index contributed by atoms with van der Waals surface area (Å²) in [6.45, 7) is 11.7. The highest BCUT2D eigenvalue weighted by molar-refractivity contribution is 5.81. The molecule has 0 aromatic carbocycles. The smallest absolute Gasteiger partial charge is 0.251 e. The molecular weight excluding hydrogens is 218 g/mol. The maximum absolute atomic E-state index is 11.7. The molecular formula is C12H25N3O2. The Kier molecular flexibility index (Phi) is 4.17. The number of hydrogen-bond donors (Lipinski definition) is 2. The molecule has 1 aliphatic heterocycles. The number of hydrogen-bond acceptors (Lipinski definition) is 4. The largest absolute Gasteiger partial charge is 0.367 e. The summed E-state index contributed by atoms with van der Waals surface area (Å²) in [4.78, 5) is 13.9. The van der Waals surface area contributed by atoms with Gasteiger partial charge in [0.25, 0.3) is 5.91 Å². The Morgan fingerprint density at radius 2 is 1.82 bits per heavy atom. The fraction of sp³-hybridized carbons (Fsp3) is 0.917. The number of nitrogens with two attached hydrogens (primary N) is 1. The fourth-order valence-corrected chi connectivity index (χ4v) is 2.77. The highest BCUT2D eigenvalue weighted by Gasteiger charge is 2.41. The van der Waals surface area contributed by atoms with Gasteiger partial charge in [-0.3, -0.25) is 15.1 Å². The second-order valence-corrected chi connectivity index (χ2v) is 5.96. The molecule has 0 radical (unpaired) electrons. The van der Waals surface area contributed by atoms with Crippen LogP contribution in [0.25, 0.3) is 0 Å². The van der Waals surface area contributed by atoms with Crippen molar-refractivity contribution in [3.05, 3.63) is 0 Å². The summed E-state index contributed by atoms with van der Waals surface area (Å²) in [5.41, 5.74) is 1.75. The second-order valence-electron chi connectivity index (χ2n) is 5.96. The Morgan fingerprint density at radius 3 is 2.18 bits per heavy atom. The number of nitrogens with zero attached hydrogens (tertiary/aromatic N) is 1. The Hall–Kier alpha value is -0.650. The van der Waals surface area contributed by atoms with Crippen molar-refractivity contribution in [2.45, 2.75) is 58.3 Å². The maximum Gasteiger partial charge on any atom is 0.251 e. The molecule has 1 amide bonds. The number of ether oxygens (including phenoxy) is 1. The van der Waals surface area contributed by atoms with E-state index in [1.54, 1.807) is 0 Å². The lowest BCUT2D eigenvalue weighted by Crippen LogP contribution is -2.62. The second kappa shape index (κ2) is 4.92.